The lowest BCUT2D eigenvalue weighted by molar-refractivity contribution is -0.154. The van der Waals surface area contributed by atoms with E-state index in [4.69, 9.17) is 0 Å². The van der Waals surface area contributed by atoms with Crippen LogP contribution >= 0.6 is 0 Å². The summed E-state index contributed by atoms with van der Waals surface area (Å²) in [6.07, 6.45) is 16.7. The number of fused-ring (bicyclic) bond motifs is 4. The number of hydrogen-bond donors (Lipinski definition) is 0. The third-order valence-electron chi connectivity index (χ3n) is 8.38. The van der Waals surface area contributed by atoms with Crippen LogP contribution in [0.25, 0.3) is 0 Å². The Balaban J connectivity index is 1.36. The van der Waals surface area contributed by atoms with Crippen molar-refractivity contribution in [1.82, 2.24) is 19.4 Å². The van der Waals surface area contributed by atoms with Crippen molar-refractivity contribution in [2.45, 2.75) is 96.3 Å². The zero-order chi connectivity index (χ0) is 19.8. The number of carbonyl (C=O) groups is 1. The van der Waals surface area contributed by atoms with E-state index < -0.39 is 0 Å². The van der Waals surface area contributed by atoms with E-state index in [2.05, 4.69) is 32.5 Å². The molecule has 4 fully saturated rings. The molecule has 4 atom stereocenters. The maximum Gasteiger partial charge on any atom is 0.223 e. The number of aryl methyl sites for hydroxylation is 1. The number of imidazole rings is 1. The summed E-state index contributed by atoms with van der Waals surface area (Å²) in [5.74, 6) is 3.82. The maximum absolute atomic E-state index is 13.0. The molecule has 0 N–H and O–H groups in total. The summed E-state index contributed by atoms with van der Waals surface area (Å²) in [5.41, 5.74) is 0. The minimum absolute atomic E-state index is 0.465. The number of carbonyl (C=O) groups excluding carboxylic acids is 1. The lowest BCUT2D eigenvalue weighted by atomic mass is 9.69. The fourth-order valence-corrected chi connectivity index (χ4v) is 7.05. The van der Waals surface area contributed by atoms with Crippen LogP contribution in [0.4, 0.5) is 0 Å². The first-order chi connectivity index (χ1) is 14.2. The number of likely N-dealkylation sites (tertiary alicyclic amines) is 1. The summed E-state index contributed by atoms with van der Waals surface area (Å²) in [6, 6.07) is 0.982. The van der Waals surface area contributed by atoms with Crippen LogP contribution in [-0.4, -0.2) is 50.4 Å². The fourth-order valence-electron chi connectivity index (χ4n) is 7.05. The van der Waals surface area contributed by atoms with Gasteiger partial charge >= 0.3 is 0 Å². The molecule has 5 heteroatoms. The van der Waals surface area contributed by atoms with Crippen LogP contribution in [-0.2, 0) is 17.9 Å². The highest BCUT2D eigenvalue weighted by atomic mass is 16.2. The molecule has 5 rings (SSSR count). The monoisotopic (exact) mass is 398 g/mol. The molecule has 5 nitrogen and oxygen atoms in total. The van der Waals surface area contributed by atoms with Gasteiger partial charge in [0.25, 0.3) is 0 Å². The highest BCUT2D eigenvalue weighted by Crippen LogP contribution is 2.44. The zero-order valence-corrected chi connectivity index (χ0v) is 18.1. The molecule has 1 aromatic heterocycles. The van der Waals surface area contributed by atoms with Gasteiger partial charge in [0.2, 0.25) is 5.91 Å². The molecule has 1 aliphatic carbocycles. The number of piperidine rings is 3. The molecule has 0 spiro atoms. The van der Waals surface area contributed by atoms with Crippen LogP contribution in [0.2, 0.25) is 0 Å². The van der Waals surface area contributed by atoms with Crippen molar-refractivity contribution in [3.05, 3.63) is 18.2 Å². The van der Waals surface area contributed by atoms with E-state index in [0.717, 1.165) is 44.9 Å². The standard InChI is InChI=1S/C24H38N4O/c1-2-27-12-11-25-23(27)17-26-15-19-14-20(16-26)22(13-18-7-4-3-5-8-18)28-21(19)9-6-10-24(28)29/h11-12,18-22H,2-10,13-17H2,1H3/t19-,20+,21+,22+/m1/s1. The minimum atomic E-state index is 0.465. The van der Waals surface area contributed by atoms with Crippen LogP contribution in [0, 0.1) is 17.8 Å². The molecule has 0 unspecified atom stereocenters. The van der Waals surface area contributed by atoms with Gasteiger partial charge in [-0.2, -0.15) is 0 Å². The summed E-state index contributed by atoms with van der Waals surface area (Å²) in [6.45, 7) is 6.43. The molecule has 2 bridgehead atoms. The molecule has 0 radical (unpaired) electrons. The third kappa shape index (κ3) is 3.87. The van der Waals surface area contributed by atoms with Crippen molar-refractivity contribution in [2.24, 2.45) is 17.8 Å². The summed E-state index contributed by atoms with van der Waals surface area (Å²) < 4.78 is 2.28. The summed E-state index contributed by atoms with van der Waals surface area (Å²) >= 11 is 0. The summed E-state index contributed by atoms with van der Waals surface area (Å²) in [4.78, 5) is 22.8. The smallest absolute Gasteiger partial charge is 0.223 e. The molecule has 29 heavy (non-hydrogen) atoms. The van der Waals surface area contributed by atoms with Gasteiger partial charge in [0.1, 0.15) is 5.82 Å². The molecule has 1 aromatic rings. The Labute approximate surface area is 175 Å². The second-order valence-electron chi connectivity index (χ2n) is 10.1. The van der Waals surface area contributed by atoms with Gasteiger partial charge in [0, 0.05) is 50.5 Å². The summed E-state index contributed by atoms with van der Waals surface area (Å²) in [5, 5.41) is 0. The van der Waals surface area contributed by atoms with Crippen molar-refractivity contribution in [1.29, 1.82) is 0 Å². The van der Waals surface area contributed by atoms with E-state index in [1.54, 1.807) is 0 Å². The topological polar surface area (TPSA) is 41.4 Å². The van der Waals surface area contributed by atoms with E-state index in [1.165, 1.54) is 57.2 Å². The van der Waals surface area contributed by atoms with Gasteiger partial charge in [-0.1, -0.05) is 32.1 Å². The largest absolute Gasteiger partial charge is 0.336 e. The Hall–Kier alpha value is -1.36. The second kappa shape index (κ2) is 8.41. The summed E-state index contributed by atoms with van der Waals surface area (Å²) in [7, 11) is 0. The van der Waals surface area contributed by atoms with Crippen LogP contribution in [0.1, 0.15) is 77.0 Å². The second-order valence-corrected chi connectivity index (χ2v) is 10.1. The van der Waals surface area contributed by atoms with E-state index >= 15 is 0 Å². The van der Waals surface area contributed by atoms with Gasteiger partial charge in [-0.25, -0.2) is 4.98 Å². The molecule has 1 amide bonds. The maximum atomic E-state index is 13.0. The van der Waals surface area contributed by atoms with E-state index in [-0.39, 0.29) is 0 Å². The molecule has 4 aliphatic rings. The lowest BCUT2D eigenvalue weighted by Crippen LogP contribution is -2.65. The lowest BCUT2D eigenvalue weighted by Gasteiger charge is -2.57. The van der Waals surface area contributed by atoms with Gasteiger partial charge in [-0.15, -0.1) is 0 Å². The first kappa shape index (κ1) is 19.6. The normalized spacial score (nSPS) is 33.7. The Kier molecular flexibility index (Phi) is 5.68. The molecule has 4 heterocycles. The molecule has 1 saturated carbocycles. The molecule has 0 aromatic carbocycles. The molecule has 3 saturated heterocycles. The first-order valence-corrected chi connectivity index (χ1v) is 12.3. The number of amides is 1. The predicted octanol–water partition coefficient (Wildman–Crippen LogP) is 4.07. The number of nitrogens with zero attached hydrogens (tertiary/aromatic N) is 4. The molecular weight excluding hydrogens is 360 g/mol. The Morgan fingerprint density at radius 3 is 2.72 bits per heavy atom. The fraction of sp³-hybridized carbons (Fsp3) is 0.833. The molecule has 160 valence electrons. The highest BCUT2D eigenvalue weighted by Gasteiger charge is 2.49. The number of hydrogen-bond acceptors (Lipinski definition) is 3. The third-order valence-corrected chi connectivity index (χ3v) is 8.38. The van der Waals surface area contributed by atoms with E-state index in [9.17, 15) is 4.79 Å². The Morgan fingerprint density at radius 1 is 1.07 bits per heavy atom. The van der Waals surface area contributed by atoms with Gasteiger partial charge in [-0.05, 0) is 50.4 Å². The van der Waals surface area contributed by atoms with Gasteiger partial charge in [0.15, 0.2) is 0 Å². The van der Waals surface area contributed by atoms with Crippen LogP contribution in [0.15, 0.2) is 12.4 Å². The minimum Gasteiger partial charge on any atom is -0.336 e. The highest BCUT2D eigenvalue weighted by molar-refractivity contribution is 5.78. The number of rotatable bonds is 5. The average Bonchev–Trinajstić information content (AvgIpc) is 3.19. The average molecular weight is 399 g/mol. The first-order valence-electron chi connectivity index (χ1n) is 12.3. The Morgan fingerprint density at radius 2 is 1.90 bits per heavy atom. The van der Waals surface area contributed by atoms with Gasteiger partial charge in [0.05, 0.1) is 6.54 Å². The SMILES string of the molecule is CCn1ccnc1CN1C[C@H]2C[C@@H](C1)[C@H](CC1CCCCC1)N1C(=O)CCC[C@@H]21. The van der Waals surface area contributed by atoms with Crippen molar-refractivity contribution in [2.75, 3.05) is 13.1 Å². The van der Waals surface area contributed by atoms with Crippen LogP contribution in [0.5, 0.6) is 0 Å². The molecular formula is C24H38N4O. The van der Waals surface area contributed by atoms with Gasteiger partial charge in [-0.3, -0.25) is 9.69 Å². The van der Waals surface area contributed by atoms with E-state index in [0.29, 0.717) is 29.8 Å². The van der Waals surface area contributed by atoms with Gasteiger partial charge < -0.3 is 9.47 Å². The van der Waals surface area contributed by atoms with Crippen molar-refractivity contribution >= 4 is 5.91 Å². The predicted molar refractivity (Wildman–Crippen MR) is 114 cm³/mol. The number of aromatic nitrogens is 2. The zero-order valence-electron chi connectivity index (χ0n) is 18.1. The van der Waals surface area contributed by atoms with Crippen LogP contribution in [0.3, 0.4) is 0 Å². The quantitative estimate of drug-likeness (QED) is 0.751. The Bertz CT molecular complexity index is 709. The van der Waals surface area contributed by atoms with Crippen molar-refractivity contribution in [3.8, 4) is 0 Å². The van der Waals surface area contributed by atoms with E-state index in [1.807, 2.05) is 6.20 Å². The van der Waals surface area contributed by atoms with Crippen molar-refractivity contribution < 1.29 is 4.79 Å². The van der Waals surface area contributed by atoms with Crippen molar-refractivity contribution in [3.63, 3.8) is 0 Å². The van der Waals surface area contributed by atoms with Crippen LogP contribution < -0.4 is 0 Å². The molecule has 3 aliphatic heterocycles.